The molecule has 2 amide bonds. The second-order valence-corrected chi connectivity index (χ2v) is 10.6. The van der Waals surface area contributed by atoms with Crippen LogP contribution in [0.15, 0.2) is 66.7 Å². The fourth-order valence-corrected chi connectivity index (χ4v) is 6.09. The molecule has 0 radical (unpaired) electrons. The molecule has 1 aliphatic carbocycles. The number of nitrogens with zero attached hydrogens (tertiary/aromatic N) is 2. The van der Waals surface area contributed by atoms with Crippen LogP contribution in [0.4, 0.5) is 9.18 Å². The Balaban J connectivity index is 1.17. The minimum absolute atomic E-state index is 0.144. The van der Waals surface area contributed by atoms with Gasteiger partial charge in [0, 0.05) is 30.4 Å². The molecule has 1 saturated heterocycles. The normalized spacial score (nSPS) is 17.2. The summed E-state index contributed by atoms with van der Waals surface area (Å²) in [6.45, 7) is 0.892. The number of hydrogen-bond donors (Lipinski definition) is 1. The molecule has 1 saturated carbocycles. The third kappa shape index (κ3) is 4.93. The standard InChI is InChI=1S/C29H26FN3O3S/c30-21-14-12-19(13-15-21)26-25(32-27(37-26)20-10-11-20)28(34)33-16-4-7-22(33)17-31-29(35)36-24-9-3-6-18-5-1-2-8-23(18)24/h1-3,5-6,8-9,12-15,20,22H,4,7,10-11,16-17H2,(H,31,35)/t22-/m0/s1. The highest BCUT2D eigenvalue weighted by Crippen LogP contribution is 2.45. The quantitative estimate of drug-likeness (QED) is 0.324. The largest absolute Gasteiger partial charge is 0.412 e. The van der Waals surface area contributed by atoms with Crippen LogP contribution in [0.3, 0.4) is 0 Å². The van der Waals surface area contributed by atoms with Crippen molar-refractivity contribution in [3.05, 3.63) is 83.2 Å². The fourth-order valence-electron chi connectivity index (χ4n) is 4.86. The molecule has 6 nitrogen and oxygen atoms in total. The van der Waals surface area contributed by atoms with E-state index >= 15 is 0 Å². The topological polar surface area (TPSA) is 71.5 Å². The lowest BCUT2D eigenvalue weighted by molar-refractivity contribution is 0.0730. The van der Waals surface area contributed by atoms with Crippen LogP contribution in [0.5, 0.6) is 5.75 Å². The summed E-state index contributed by atoms with van der Waals surface area (Å²) in [6, 6.07) is 19.4. The Bertz CT molecular complexity index is 1460. The van der Waals surface area contributed by atoms with Crippen LogP contribution >= 0.6 is 11.3 Å². The van der Waals surface area contributed by atoms with Gasteiger partial charge in [0.1, 0.15) is 17.3 Å². The molecule has 4 aromatic rings. The summed E-state index contributed by atoms with van der Waals surface area (Å²) >= 11 is 1.53. The van der Waals surface area contributed by atoms with Crippen molar-refractivity contribution in [2.75, 3.05) is 13.1 Å². The summed E-state index contributed by atoms with van der Waals surface area (Å²) in [4.78, 5) is 33.7. The molecule has 0 bridgehead atoms. The highest BCUT2D eigenvalue weighted by molar-refractivity contribution is 7.15. The maximum atomic E-state index is 13.7. The van der Waals surface area contributed by atoms with Gasteiger partial charge in [-0.2, -0.15) is 0 Å². The molecule has 188 valence electrons. The molecular weight excluding hydrogens is 489 g/mol. The smallest absolute Gasteiger partial charge is 0.410 e. The van der Waals surface area contributed by atoms with Crippen molar-refractivity contribution in [3.8, 4) is 16.2 Å². The van der Waals surface area contributed by atoms with Crippen LogP contribution in [0.2, 0.25) is 0 Å². The third-order valence-corrected chi connectivity index (χ3v) is 8.22. The summed E-state index contributed by atoms with van der Waals surface area (Å²) in [5.41, 5.74) is 1.21. The lowest BCUT2D eigenvalue weighted by atomic mass is 10.1. The van der Waals surface area contributed by atoms with Crippen molar-refractivity contribution in [1.82, 2.24) is 15.2 Å². The second-order valence-electron chi connectivity index (χ2n) is 9.55. The van der Waals surface area contributed by atoms with E-state index in [1.54, 1.807) is 23.1 Å². The van der Waals surface area contributed by atoms with Crippen molar-refractivity contribution >= 4 is 34.1 Å². The lowest BCUT2D eigenvalue weighted by Crippen LogP contribution is -2.44. The molecule has 2 fully saturated rings. The van der Waals surface area contributed by atoms with E-state index in [1.807, 2.05) is 36.4 Å². The number of carbonyl (C=O) groups excluding carboxylic acids is 2. The van der Waals surface area contributed by atoms with Crippen LogP contribution in [0.25, 0.3) is 21.2 Å². The SMILES string of the molecule is O=C(NC[C@@H]1CCCN1C(=O)c1nc(C2CC2)sc1-c1ccc(F)cc1)Oc1cccc2ccccc12. The van der Waals surface area contributed by atoms with E-state index in [-0.39, 0.29) is 17.8 Å². The van der Waals surface area contributed by atoms with E-state index in [4.69, 9.17) is 9.72 Å². The third-order valence-electron chi connectivity index (χ3n) is 6.95. The molecule has 0 unspecified atom stereocenters. The fraction of sp³-hybridized carbons (Fsp3) is 0.276. The Kier molecular flexibility index (Phi) is 6.34. The highest BCUT2D eigenvalue weighted by atomic mass is 32.1. The molecule has 8 heteroatoms. The summed E-state index contributed by atoms with van der Waals surface area (Å²) in [6.07, 6.45) is 3.25. The number of ether oxygens (including phenoxy) is 1. The maximum Gasteiger partial charge on any atom is 0.412 e. The van der Waals surface area contributed by atoms with Gasteiger partial charge in [-0.25, -0.2) is 14.2 Å². The minimum atomic E-state index is -0.549. The van der Waals surface area contributed by atoms with E-state index < -0.39 is 6.09 Å². The van der Waals surface area contributed by atoms with Crippen LogP contribution in [0.1, 0.15) is 47.1 Å². The summed E-state index contributed by atoms with van der Waals surface area (Å²) < 4.78 is 19.1. The molecule has 37 heavy (non-hydrogen) atoms. The zero-order valence-corrected chi connectivity index (χ0v) is 21.0. The molecule has 0 spiro atoms. The first kappa shape index (κ1) is 23.6. The molecular formula is C29H26FN3O3S. The van der Waals surface area contributed by atoms with Gasteiger partial charge in [-0.3, -0.25) is 4.79 Å². The van der Waals surface area contributed by atoms with E-state index in [9.17, 15) is 14.0 Å². The van der Waals surface area contributed by atoms with Crippen molar-refractivity contribution in [1.29, 1.82) is 0 Å². The minimum Gasteiger partial charge on any atom is -0.410 e. The number of aromatic nitrogens is 1. The Morgan fingerprint density at radius 2 is 1.81 bits per heavy atom. The Morgan fingerprint density at radius 1 is 1.03 bits per heavy atom. The Morgan fingerprint density at radius 3 is 2.62 bits per heavy atom. The zero-order chi connectivity index (χ0) is 25.4. The number of hydrogen-bond acceptors (Lipinski definition) is 5. The number of amides is 2. The first-order valence-electron chi connectivity index (χ1n) is 12.6. The van der Waals surface area contributed by atoms with Gasteiger partial charge in [0.05, 0.1) is 9.88 Å². The molecule has 2 heterocycles. The summed E-state index contributed by atoms with van der Waals surface area (Å²) in [5.74, 6) is 0.443. The number of fused-ring (bicyclic) bond motifs is 1. The predicted octanol–water partition coefficient (Wildman–Crippen LogP) is 6.37. The molecule has 1 atom stereocenters. The van der Waals surface area contributed by atoms with Gasteiger partial charge in [-0.15, -0.1) is 11.3 Å². The predicted molar refractivity (Wildman–Crippen MR) is 142 cm³/mol. The Labute approximate surface area is 218 Å². The number of carbonyl (C=O) groups is 2. The summed E-state index contributed by atoms with van der Waals surface area (Å²) in [7, 11) is 0. The molecule has 1 aliphatic heterocycles. The van der Waals surface area contributed by atoms with E-state index in [1.165, 1.54) is 23.5 Å². The van der Waals surface area contributed by atoms with E-state index in [2.05, 4.69) is 5.32 Å². The average Bonchev–Trinajstić information content (AvgIpc) is 3.49. The first-order valence-corrected chi connectivity index (χ1v) is 13.4. The number of thiazole rings is 1. The van der Waals surface area contributed by atoms with E-state index in [0.717, 1.165) is 51.9 Å². The van der Waals surface area contributed by atoms with Crippen LogP contribution in [-0.4, -0.2) is 41.0 Å². The summed E-state index contributed by atoms with van der Waals surface area (Å²) in [5, 5.41) is 5.67. The van der Waals surface area contributed by atoms with Gasteiger partial charge in [0.25, 0.3) is 5.91 Å². The lowest BCUT2D eigenvalue weighted by Gasteiger charge is -2.24. The van der Waals surface area contributed by atoms with Gasteiger partial charge in [0.2, 0.25) is 0 Å². The van der Waals surface area contributed by atoms with Gasteiger partial charge in [0.15, 0.2) is 0 Å². The van der Waals surface area contributed by atoms with Crippen molar-refractivity contribution in [2.24, 2.45) is 0 Å². The van der Waals surface area contributed by atoms with Crippen LogP contribution in [-0.2, 0) is 0 Å². The molecule has 1 aromatic heterocycles. The zero-order valence-electron chi connectivity index (χ0n) is 20.2. The van der Waals surface area contributed by atoms with Gasteiger partial charge < -0.3 is 15.0 Å². The van der Waals surface area contributed by atoms with Gasteiger partial charge in [-0.05, 0) is 54.8 Å². The number of likely N-dealkylation sites (tertiary alicyclic amines) is 1. The van der Waals surface area contributed by atoms with Crippen molar-refractivity contribution < 1.29 is 18.7 Å². The maximum absolute atomic E-state index is 13.7. The molecule has 3 aromatic carbocycles. The molecule has 6 rings (SSSR count). The monoisotopic (exact) mass is 515 g/mol. The van der Waals surface area contributed by atoms with Gasteiger partial charge >= 0.3 is 6.09 Å². The van der Waals surface area contributed by atoms with Crippen molar-refractivity contribution in [2.45, 2.75) is 37.6 Å². The van der Waals surface area contributed by atoms with Crippen LogP contribution in [0, 0.1) is 5.82 Å². The first-order chi connectivity index (χ1) is 18.1. The molecule has 1 N–H and O–H groups in total. The Hall–Kier alpha value is -3.78. The number of halogens is 1. The van der Waals surface area contributed by atoms with Crippen molar-refractivity contribution in [3.63, 3.8) is 0 Å². The van der Waals surface area contributed by atoms with E-state index in [0.29, 0.717) is 30.5 Å². The number of benzene rings is 3. The van der Waals surface area contributed by atoms with Gasteiger partial charge in [-0.1, -0.05) is 48.5 Å². The number of nitrogens with one attached hydrogen (secondary N) is 1. The highest BCUT2D eigenvalue weighted by Gasteiger charge is 2.35. The average molecular weight is 516 g/mol. The van der Waals surface area contributed by atoms with Crippen LogP contribution < -0.4 is 10.1 Å². The second kappa shape index (κ2) is 9.94. The molecule has 2 aliphatic rings. The number of rotatable bonds is 6.